The van der Waals surface area contributed by atoms with Crippen LogP contribution < -0.4 is 5.32 Å². The number of nitro groups is 1. The molecule has 1 aromatic carbocycles. The number of thiocarbonyl (C=S) groups is 1. The number of anilines is 1. The molecule has 1 N–H and O–H groups in total. The minimum atomic E-state index is -0.454. The summed E-state index contributed by atoms with van der Waals surface area (Å²) in [6, 6.07) is 4.27. The number of benzene rings is 1. The third-order valence-corrected chi connectivity index (χ3v) is 3.55. The smallest absolute Gasteiger partial charge is 0.271 e. The van der Waals surface area contributed by atoms with E-state index in [2.05, 4.69) is 37.9 Å². The number of hydrogen-bond donors (Lipinski definition) is 1. The Labute approximate surface area is 141 Å². The van der Waals surface area contributed by atoms with Gasteiger partial charge in [-0.1, -0.05) is 39.3 Å². The lowest BCUT2D eigenvalue weighted by atomic mass is 10.1. The van der Waals surface area contributed by atoms with Crippen LogP contribution in [0.3, 0.4) is 0 Å². The zero-order valence-electron chi connectivity index (χ0n) is 13.3. The van der Waals surface area contributed by atoms with E-state index >= 15 is 0 Å². The standard InChI is InChI=1S/C15H22ClN3O2S/c1-10(2)8-18(9-11(3)4)15(22)17-14-7-12(19(20)21)5-6-13(14)16/h5-7,10-11H,8-9H2,1-4H3,(H,17,22). The molecule has 0 heterocycles. The molecule has 1 aromatic rings. The Bertz CT molecular complexity index is 540. The summed E-state index contributed by atoms with van der Waals surface area (Å²) in [4.78, 5) is 12.5. The van der Waals surface area contributed by atoms with Crippen molar-refractivity contribution < 1.29 is 4.92 Å². The van der Waals surface area contributed by atoms with E-state index in [0.717, 1.165) is 13.1 Å². The van der Waals surface area contributed by atoms with Crippen molar-refractivity contribution in [2.24, 2.45) is 11.8 Å². The Hall–Kier alpha value is -1.40. The molecule has 0 spiro atoms. The molecule has 7 heteroatoms. The van der Waals surface area contributed by atoms with E-state index < -0.39 is 4.92 Å². The molecule has 0 aliphatic heterocycles. The summed E-state index contributed by atoms with van der Waals surface area (Å²) in [6.07, 6.45) is 0. The Kier molecular flexibility index (Phi) is 7.03. The zero-order valence-corrected chi connectivity index (χ0v) is 14.9. The number of nitrogens with one attached hydrogen (secondary N) is 1. The summed E-state index contributed by atoms with van der Waals surface area (Å²) in [5.41, 5.74) is 0.437. The van der Waals surface area contributed by atoms with Crippen LogP contribution in [0.15, 0.2) is 18.2 Å². The van der Waals surface area contributed by atoms with Crippen molar-refractivity contribution in [1.82, 2.24) is 4.90 Å². The van der Waals surface area contributed by atoms with Crippen molar-refractivity contribution in [3.63, 3.8) is 0 Å². The molecule has 5 nitrogen and oxygen atoms in total. The molecule has 0 aliphatic rings. The molecule has 0 saturated heterocycles. The van der Waals surface area contributed by atoms with Crippen LogP contribution in [0.2, 0.25) is 5.02 Å². The second-order valence-electron chi connectivity index (χ2n) is 6.04. The fourth-order valence-corrected chi connectivity index (χ4v) is 2.46. The van der Waals surface area contributed by atoms with Gasteiger partial charge in [0.25, 0.3) is 5.69 Å². The van der Waals surface area contributed by atoms with E-state index in [-0.39, 0.29) is 5.69 Å². The van der Waals surface area contributed by atoms with E-state index in [1.54, 1.807) is 0 Å². The second kappa shape index (κ2) is 8.29. The quantitative estimate of drug-likeness (QED) is 0.466. The first-order valence-electron chi connectivity index (χ1n) is 7.20. The fraction of sp³-hybridized carbons (Fsp3) is 0.533. The third-order valence-electron chi connectivity index (χ3n) is 2.86. The van der Waals surface area contributed by atoms with Gasteiger partial charge in [0.05, 0.1) is 15.6 Å². The predicted octanol–water partition coefficient (Wildman–Crippen LogP) is 4.56. The van der Waals surface area contributed by atoms with E-state index in [4.69, 9.17) is 23.8 Å². The van der Waals surface area contributed by atoms with Gasteiger partial charge in [0.1, 0.15) is 0 Å². The number of rotatable bonds is 6. The number of non-ortho nitro benzene ring substituents is 1. The first kappa shape index (κ1) is 18.6. The Morgan fingerprint density at radius 3 is 2.32 bits per heavy atom. The lowest BCUT2D eigenvalue weighted by Crippen LogP contribution is -2.39. The van der Waals surface area contributed by atoms with Crippen LogP contribution in [0.1, 0.15) is 27.7 Å². The van der Waals surface area contributed by atoms with Crippen LogP contribution in [-0.4, -0.2) is 28.0 Å². The highest BCUT2D eigenvalue weighted by molar-refractivity contribution is 7.80. The molecule has 0 amide bonds. The van der Waals surface area contributed by atoms with Crippen LogP contribution in [0.5, 0.6) is 0 Å². The average molecular weight is 344 g/mol. The van der Waals surface area contributed by atoms with Gasteiger partial charge < -0.3 is 10.2 Å². The van der Waals surface area contributed by atoms with Crippen molar-refractivity contribution in [2.45, 2.75) is 27.7 Å². The number of nitrogens with zero attached hydrogens (tertiary/aromatic N) is 2. The first-order valence-corrected chi connectivity index (χ1v) is 7.99. The normalized spacial score (nSPS) is 10.9. The predicted molar refractivity (Wildman–Crippen MR) is 95.6 cm³/mol. The molecule has 1 rings (SSSR count). The molecule has 22 heavy (non-hydrogen) atoms. The monoisotopic (exact) mass is 343 g/mol. The number of hydrogen-bond acceptors (Lipinski definition) is 3. The first-order chi connectivity index (χ1) is 10.2. The highest BCUT2D eigenvalue weighted by Gasteiger charge is 2.16. The van der Waals surface area contributed by atoms with E-state index in [1.165, 1.54) is 18.2 Å². The summed E-state index contributed by atoms with van der Waals surface area (Å²) in [5, 5.41) is 14.8. The minimum Gasteiger partial charge on any atom is -0.349 e. The maximum absolute atomic E-state index is 10.9. The second-order valence-corrected chi connectivity index (χ2v) is 6.84. The molecule has 0 radical (unpaired) electrons. The highest BCUT2D eigenvalue weighted by atomic mass is 35.5. The summed E-state index contributed by atoms with van der Waals surface area (Å²) < 4.78 is 0. The number of nitro benzene ring substituents is 1. The maximum atomic E-state index is 10.9. The van der Waals surface area contributed by atoms with Crippen LogP contribution in [-0.2, 0) is 0 Å². The summed E-state index contributed by atoms with van der Waals surface area (Å²) in [6.45, 7) is 10.1. The molecule has 0 bridgehead atoms. The molecule has 0 aliphatic carbocycles. The Morgan fingerprint density at radius 2 is 1.86 bits per heavy atom. The minimum absolute atomic E-state index is 0.0195. The lowest BCUT2D eigenvalue weighted by molar-refractivity contribution is -0.384. The SMILES string of the molecule is CC(C)CN(CC(C)C)C(=S)Nc1cc([N+](=O)[O-])ccc1Cl. The van der Waals surface area contributed by atoms with Gasteiger partial charge in [-0.2, -0.15) is 0 Å². The molecule has 0 unspecified atom stereocenters. The maximum Gasteiger partial charge on any atom is 0.271 e. The molecular formula is C15H22ClN3O2S. The third kappa shape index (κ3) is 5.77. The van der Waals surface area contributed by atoms with Crippen LogP contribution in [0.4, 0.5) is 11.4 Å². The van der Waals surface area contributed by atoms with Gasteiger partial charge >= 0.3 is 0 Å². The largest absolute Gasteiger partial charge is 0.349 e. The van der Waals surface area contributed by atoms with E-state index in [0.29, 0.717) is 27.7 Å². The summed E-state index contributed by atoms with van der Waals surface area (Å²) in [7, 11) is 0. The Balaban J connectivity index is 2.92. The summed E-state index contributed by atoms with van der Waals surface area (Å²) in [5.74, 6) is 0.915. The zero-order chi connectivity index (χ0) is 16.9. The van der Waals surface area contributed by atoms with Crippen molar-refractivity contribution in [3.05, 3.63) is 33.3 Å². The molecule has 0 atom stereocenters. The average Bonchev–Trinajstić information content (AvgIpc) is 2.39. The molecule has 122 valence electrons. The molecule has 0 saturated carbocycles. The summed E-state index contributed by atoms with van der Waals surface area (Å²) >= 11 is 11.5. The van der Waals surface area contributed by atoms with Crippen molar-refractivity contribution >= 4 is 40.3 Å². The van der Waals surface area contributed by atoms with E-state index in [1.807, 2.05) is 0 Å². The van der Waals surface area contributed by atoms with Gasteiger partial charge in [-0.05, 0) is 30.1 Å². The topological polar surface area (TPSA) is 58.4 Å². The van der Waals surface area contributed by atoms with Gasteiger partial charge in [-0.3, -0.25) is 10.1 Å². The van der Waals surface area contributed by atoms with Gasteiger partial charge in [-0.25, -0.2) is 0 Å². The van der Waals surface area contributed by atoms with Crippen molar-refractivity contribution in [3.8, 4) is 0 Å². The fourth-order valence-electron chi connectivity index (χ4n) is 2.04. The van der Waals surface area contributed by atoms with Gasteiger partial charge in [0.15, 0.2) is 5.11 Å². The molecule has 0 aromatic heterocycles. The van der Waals surface area contributed by atoms with E-state index in [9.17, 15) is 10.1 Å². The van der Waals surface area contributed by atoms with Crippen LogP contribution >= 0.6 is 23.8 Å². The molecular weight excluding hydrogens is 322 g/mol. The van der Waals surface area contributed by atoms with Gasteiger partial charge in [0.2, 0.25) is 0 Å². The lowest BCUT2D eigenvalue weighted by Gasteiger charge is -2.29. The van der Waals surface area contributed by atoms with Crippen LogP contribution in [0, 0.1) is 22.0 Å². The molecule has 0 fully saturated rings. The van der Waals surface area contributed by atoms with Crippen molar-refractivity contribution in [1.29, 1.82) is 0 Å². The van der Waals surface area contributed by atoms with Crippen LogP contribution in [0.25, 0.3) is 0 Å². The number of halogens is 1. The Morgan fingerprint density at radius 1 is 1.32 bits per heavy atom. The highest BCUT2D eigenvalue weighted by Crippen LogP contribution is 2.27. The van der Waals surface area contributed by atoms with Gasteiger partial charge in [-0.15, -0.1) is 0 Å². The van der Waals surface area contributed by atoms with Gasteiger partial charge in [0, 0.05) is 25.2 Å². The van der Waals surface area contributed by atoms with Crippen molar-refractivity contribution in [2.75, 3.05) is 18.4 Å².